The summed E-state index contributed by atoms with van der Waals surface area (Å²) in [4.78, 5) is 0. The van der Waals surface area contributed by atoms with Crippen LogP contribution in [-0.4, -0.2) is 27.7 Å². The van der Waals surface area contributed by atoms with Gasteiger partial charge < -0.3 is 9.47 Å². The Labute approximate surface area is 171 Å². The van der Waals surface area contributed by atoms with Gasteiger partial charge in [0.15, 0.2) is 0 Å². The number of epoxide rings is 1. The van der Waals surface area contributed by atoms with Crippen molar-refractivity contribution >= 4 is 21.4 Å². The van der Waals surface area contributed by atoms with Crippen molar-refractivity contribution in [3.63, 3.8) is 0 Å². The van der Waals surface area contributed by atoms with Gasteiger partial charge in [0.25, 0.3) is 0 Å². The van der Waals surface area contributed by atoms with Crippen molar-refractivity contribution in [1.29, 1.82) is 0 Å². The molecule has 0 aromatic heterocycles. The monoisotopic (exact) mass is 409 g/mol. The molecule has 0 spiro atoms. The normalized spacial score (nSPS) is 15.7. The Bertz CT molecular complexity index is 1080. The van der Waals surface area contributed by atoms with Crippen LogP contribution in [0.5, 0.6) is 5.75 Å². The van der Waals surface area contributed by atoms with Gasteiger partial charge in [-0.05, 0) is 36.8 Å². The average molecular weight is 410 g/mol. The molecule has 0 N–H and O–H groups in total. The lowest BCUT2D eigenvalue weighted by atomic mass is 10.2. The molecule has 150 valence electrons. The zero-order valence-electron chi connectivity index (χ0n) is 16.2. The Kier molecular flexibility index (Phi) is 5.56. The first-order chi connectivity index (χ1) is 14.0. The van der Waals surface area contributed by atoms with Gasteiger partial charge in [0.05, 0.1) is 23.7 Å². The second kappa shape index (κ2) is 8.27. The van der Waals surface area contributed by atoms with Gasteiger partial charge >= 0.3 is 0 Å². The molecule has 1 aliphatic rings. The molecule has 1 saturated heterocycles. The predicted molar refractivity (Wildman–Crippen MR) is 114 cm³/mol. The van der Waals surface area contributed by atoms with Crippen molar-refractivity contribution in [2.24, 2.45) is 0 Å². The van der Waals surface area contributed by atoms with E-state index in [0.717, 1.165) is 11.1 Å². The first-order valence-corrected chi connectivity index (χ1v) is 11.1. The maximum Gasteiger partial charge on any atom is 0.243 e. The van der Waals surface area contributed by atoms with Crippen LogP contribution in [0.2, 0.25) is 0 Å². The summed E-state index contributed by atoms with van der Waals surface area (Å²) in [7, 11) is -3.68. The van der Waals surface area contributed by atoms with Crippen molar-refractivity contribution in [3.05, 3.63) is 90.0 Å². The number of anilines is 2. The molecule has 1 atom stereocenters. The highest BCUT2D eigenvalue weighted by atomic mass is 32.2. The van der Waals surface area contributed by atoms with Crippen LogP contribution in [0.3, 0.4) is 0 Å². The molecule has 3 aromatic carbocycles. The van der Waals surface area contributed by atoms with E-state index in [2.05, 4.69) is 0 Å². The maximum atomic E-state index is 13.5. The standard InChI is InChI=1S/C23H23NO4S/c1-18-7-5-8-19(13-18)17-29(25,26)24(20-9-3-2-4-10-20)21-11-6-12-22(14-21)27-15-23-16-28-23/h2-14,23H,15-17H2,1H3. The summed E-state index contributed by atoms with van der Waals surface area (Å²) >= 11 is 0. The van der Waals surface area contributed by atoms with E-state index in [4.69, 9.17) is 9.47 Å². The first kappa shape index (κ1) is 19.5. The molecule has 0 aliphatic carbocycles. The van der Waals surface area contributed by atoms with Crippen LogP contribution >= 0.6 is 0 Å². The third kappa shape index (κ3) is 4.96. The van der Waals surface area contributed by atoms with Crippen LogP contribution in [0.4, 0.5) is 11.4 Å². The summed E-state index contributed by atoms with van der Waals surface area (Å²) < 4.78 is 39.2. The molecule has 29 heavy (non-hydrogen) atoms. The van der Waals surface area contributed by atoms with Crippen molar-refractivity contribution < 1.29 is 17.9 Å². The Hall–Kier alpha value is -2.83. The van der Waals surface area contributed by atoms with Crippen LogP contribution in [0.25, 0.3) is 0 Å². The summed E-state index contributed by atoms with van der Waals surface area (Å²) in [6.07, 6.45) is 0.133. The van der Waals surface area contributed by atoms with E-state index in [0.29, 0.717) is 30.3 Å². The zero-order valence-corrected chi connectivity index (χ0v) is 17.0. The van der Waals surface area contributed by atoms with Crippen molar-refractivity contribution in [2.75, 3.05) is 17.5 Å². The largest absolute Gasteiger partial charge is 0.491 e. The number of para-hydroxylation sites is 1. The Morgan fingerprint density at radius 1 is 0.966 bits per heavy atom. The van der Waals surface area contributed by atoms with Crippen LogP contribution in [-0.2, 0) is 20.5 Å². The van der Waals surface area contributed by atoms with E-state index in [1.54, 1.807) is 30.3 Å². The topological polar surface area (TPSA) is 59.1 Å². The van der Waals surface area contributed by atoms with Crippen molar-refractivity contribution in [3.8, 4) is 5.75 Å². The zero-order chi connectivity index (χ0) is 20.3. The number of ether oxygens (including phenoxy) is 2. The van der Waals surface area contributed by atoms with E-state index in [-0.39, 0.29) is 11.9 Å². The molecular weight excluding hydrogens is 386 g/mol. The highest BCUT2D eigenvalue weighted by Crippen LogP contribution is 2.33. The molecule has 1 fully saturated rings. The minimum Gasteiger partial charge on any atom is -0.491 e. The number of hydrogen-bond acceptors (Lipinski definition) is 4. The van der Waals surface area contributed by atoms with Gasteiger partial charge in [0, 0.05) is 6.07 Å². The van der Waals surface area contributed by atoms with Crippen molar-refractivity contribution in [1.82, 2.24) is 0 Å². The molecule has 3 aromatic rings. The van der Waals surface area contributed by atoms with Gasteiger partial charge in [-0.1, -0.05) is 54.1 Å². The number of hydrogen-bond donors (Lipinski definition) is 0. The number of aryl methyl sites for hydroxylation is 1. The van der Waals surface area contributed by atoms with Gasteiger partial charge in [-0.2, -0.15) is 0 Å². The van der Waals surface area contributed by atoms with Gasteiger partial charge in [0.1, 0.15) is 18.5 Å². The van der Waals surface area contributed by atoms with E-state index in [1.165, 1.54) is 4.31 Å². The fourth-order valence-corrected chi connectivity index (χ4v) is 4.77. The molecule has 5 nitrogen and oxygen atoms in total. The summed E-state index contributed by atoms with van der Waals surface area (Å²) in [5.41, 5.74) is 2.91. The second-order valence-electron chi connectivity index (χ2n) is 7.11. The fraction of sp³-hybridized carbons (Fsp3) is 0.217. The van der Waals surface area contributed by atoms with E-state index < -0.39 is 10.0 Å². The Morgan fingerprint density at radius 3 is 2.41 bits per heavy atom. The van der Waals surface area contributed by atoms with Gasteiger partial charge in [-0.15, -0.1) is 0 Å². The van der Waals surface area contributed by atoms with E-state index in [1.807, 2.05) is 55.5 Å². The average Bonchev–Trinajstić information content (AvgIpc) is 3.52. The highest BCUT2D eigenvalue weighted by Gasteiger charge is 2.26. The lowest BCUT2D eigenvalue weighted by Gasteiger charge is -2.25. The third-order valence-corrected chi connectivity index (χ3v) is 6.27. The first-order valence-electron chi connectivity index (χ1n) is 9.49. The van der Waals surface area contributed by atoms with Crippen molar-refractivity contribution in [2.45, 2.75) is 18.8 Å². The van der Waals surface area contributed by atoms with Gasteiger partial charge in [-0.25, -0.2) is 12.7 Å². The summed E-state index contributed by atoms with van der Waals surface area (Å²) in [5, 5.41) is 0. The lowest BCUT2D eigenvalue weighted by molar-refractivity contribution is 0.263. The molecule has 0 radical (unpaired) electrons. The molecule has 1 unspecified atom stereocenters. The summed E-state index contributed by atoms with van der Waals surface area (Å²) in [5.74, 6) is 0.523. The quantitative estimate of drug-likeness (QED) is 0.516. The predicted octanol–water partition coefficient (Wildman–Crippen LogP) is 4.44. The summed E-state index contributed by atoms with van der Waals surface area (Å²) in [6.45, 7) is 3.13. The lowest BCUT2D eigenvalue weighted by Crippen LogP contribution is -2.27. The Balaban J connectivity index is 1.69. The third-order valence-electron chi connectivity index (χ3n) is 4.59. The minimum atomic E-state index is -3.68. The molecule has 4 rings (SSSR count). The van der Waals surface area contributed by atoms with E-state index in [9.17, 15) is 8.42 Å². The molecule has 0 saturated carbocycles. The number of benzene rings is 3. The Morgan fingerprint density at radius 2 is 1.69 bits per heavy atom. The second-order valence-corrected chi connectivity index (χ2v) is 8.93. The van der Waals surface area contributed by atoms with Crippen LogP contribution in [0.15, 0.2) is 78.9 Å². The maximum absolute atomic E-state index is 13.5. The molecule has 1 aliphatic heterocycles. The SMILES string of the molecule is Cc1cccc(CS(=O)(=O)N(c2ccccc2)c2cccc(OCC3CO3)c2)c1. The molecular formula is C23H23NO4S. The smallest absolute Gasteiger partial charge is 0.243 e. The highest BCUT2D eigenvalue weighted by molar-refractivity contribution is 7.92. The van der Waals surface area contributed by atoms with E-state index >= 15 is 0 Å². The molecule has 0 amide bonds. The fourth-order valence-electron chi connectivity index (χ4n) is 3.16. The number of rotatable bonds is 8. The minimum absolute atomic E-state index is 0.0927. The van der Waals surface area contributed by atoms with Gasteiger partial charge in [0.2, 0.25) is 10.0 Å². The molecule has 1 heterocycles. The summed E-state index contributed by atoms with van der Waals surface area (Å²) in [6, 6.07) is 23.8. The van der Waals surface area contributed by atoms with Crippen LogP contribution in [0.1, 0.15) is 11.1 Å². The molecule has 0 bridgehead atoms. The number of nitrogens with zero attached hydrogens (tertiary/aromatic N) is 1. The number of sulfonamides is 1. The van der Waals surface area contributed by atoms with Crippen LogP contribution in [0, 0.1) is 6.92 Å². The van der Waals surface area contributed by atoms with Gasteiger partial charge in [-0.3, -0.25) is 0 Å². The molecule has 6 heteroatoms. The van der Waals surface area contributed by atoms with Crippen LogP contribution < -0.4 is 9.04 Å².